The Morgan fingerprint density at radius 1 is 1.15 bits per heavy atom. The van der Waals surface area contributed by atoms with Crippen LogP contribution in [-0.2, 0) is 6.42 Å². The minimum Gasteiger partial charge on any atom is -0.486 e. The van der Waals surface area contributed by atoms with Crippen molar-refractivity contribution in [1.29, 1.82) is 0 Å². The number of nitrogens with zero attached hydrogens (tertiary/aromatic N) is 1. The zero-order valence-electron chi connectivity index (χ0n) is 12.7. The van der Waals surface area contributed by atoms with Crippen LogP contribution in [-0.4, -0.2) is 37.7 Å². The van der Waals surface area contributed by atoms with Crippen LogP contribution in [0.2, 0.25) is 0 Å². The molecule has 3 heteroatoms. The average molecular weight is 275 g/mol. The van der Waals surface area contributed by atoms with Crippen molar-refractivity contribution in [3.63, 3.8) is 0 Å². The van der Waals surface area contributed by atoms with Gasteiger partial charge < -0.3 is 14.4 Å². The van der Waals surface area contributed by atoms with Gasteiger partial charge in [-0.15, -0.1) is 0 Å². The van der Waals surface area contributed by atoms with Gasteiger partial charge in [-0.25, -0.2) is 0 Å². The van der Waals surface area contributed by atoms with Gasteiger partial charge in [-0.05, 0) is 55.5 Å². The predicted molar refractivity (Wildman–Crippen MR) is 80.6 cm³/mol. The van der Waals surface area contributed by atoms with E-state index in [2.05, 4.69) is 30.9 Å². The Hall–Kier alpha value is -1.22. The van der Waals surface area contributed by atoms with Crippen LogP contribution < -0.4 is 9.47 Å². The minimum absolute atomic E-state index is 0.511. The second-order valence-electron chi connectivity index (χ2n) is 6.77. The third kappa shape index (κ3) is 3.26. The number of benzene rings is 1. The number of rotatable bonds is 4. The number of hydrogen-bond donors (Lipinski definition) is 0. The normalized spacial score (nSPS) is 21.1. The summed E-state index contributed by atoms with van der Waals surface area (Å²) in [4.78, 5) is 2.60. The SMILES string of the molecule is CC1(C)CCN(CCCc2ccc3c(c2)OCCO3)C1. The molecule has 0 bridgehead atoms. The van der Waals surface area contributed by atoms with E-state index in [0.717, 1.165) is 17.9 Å². The molecule has 1 saturated heterocycles. The van der Waals surface area contributed by atoms with E-state index in [1.165, 1.54) is 38.0 Å². The van der Waals surface area contributed by atoms with Crippen molar-refractivity contribution in [3.8, 4) is 11.5 Å². The van der Waals surface area contributed by atoms with Crippen LogP contribution in [0.3, 0.4) is 0 Å². The topological polar surface area (TPSA) is 21.7 Å². The molecule has 2 aliphatic rings. The second kappa shape index (κ2) is 5.65. The fourth-order valence-electron chi connectivity index (χ4n) is 3.17. The third-order valence-electron chi connectivity index (χ3n) is 4.30. The van der Waals surface area contributed by atoms with Gasteiger partial charge in [0.05, 0.1) is 0 Å². The second-order valence-corrected chi connectivity index (χ2v) is 6.77. The molecule has 1 fully saturated rings. The molecular weight excluding hydrogens is 250 g/mol. The first-order chi connectivity index (χ1) is 9.62. The lowest BCUT2D eigenvalue weighted by atomic mass is 9.93. The highest BCUT2D eigenvalue weighted by atomic mass is 16.6. The first kappa shape index (κ1) is 13.7. The number of aryl methyl sites for hydroxylation is 1. The number of fused-ring (bicyclic) bond motifs is 1. The fraction of sp³-hybridized carbons (Fsp3) is 0.647. The van der Waals surface area contributed by atoms with Gasteiger partial charge in [0.15, 0.2) is 11.5 Å². The number of likely N-dealkylation sites (tertiary alicyclic amines) is 1. The summed E-state index contributed by atoms with van der Waals surface area (Å²) in [6.45, 7) is 9.78. The molecule has 0 N–H and O–H groups in total. The van der Waals surface area contributed by atoms with Crippen molar-refractivity contribution in [2.75, 3.05) is 32.8 Å². The first-order valence-electron chi connectivity index (χ1n) is 7.73. The van der Waals surface area contributed by atoms with Crippen LogP contribution in [0.15, 0.2) is 18.2 Å². The largest absolute Gasteiger partial charge is 0.486 e. The lowest BCUT2D eigenvalue weighted by Crippen LogP contribution is -2.24. The van der Waals surface area contributed by atoms with Gasteiger partial charge in [-0.3, -0.25) is 0 Å². The highest BCUT2D eigenvalue weighted by Crippen LogP contribution is 2.31. The molecule has 1 aromatic rings. The molecule has 0 aromatic heterocycles. The van der Waals surface area contributed by atoms with Crippen LogP contribution in [0.1, 0.15) is 32.3 Å². The highest BCUT2D eigenvalue weighted by molar-refractivity contribution is 5.43. The molecule has 0 unspecified atom stereocenters. The summed E-state index contributed by atoms with van der Waals surface area (Å²) < 4.78 is 11.2. The van der Waals surface area contributed by atoms with Crippen LogP contribution in [0, 0.1) is 5.41 Å². The van der Waals surface area contributed by atoms with Gasteiger partial charge in [-0.1, -0.05) is 19.9 Å². The summed E-state index contributed by atoms with van der Waals surface area (Å²) in [5.74, 6) is 1.80. The number of ether oxygens (including phenoxy) is 2. The molecule has 3 nitrogen and oxygen atoms in total. The molecule has 0 aliphatic carbocycles. The Balaban J connectivity index is 1.49. The minimum atomic E-state index is 0.511. The van der Waals surface area contributed by atoms with Gasteiger partial charge >= 0.3 is 0 Å². The van der Waals surface area contributed by atoms with Crippen LogP contribution in [0.5, 0.6) is 11.5 Å². The van der Waals surface area contributed by atoms with Crippen molar-refractivity contribution < 1.29 is 9.47 Å². The van der Waals surface area contributed by atoms with Gasteiger partial charge in [0.2, 0.25) is 0 Å². The Bertz CT molecular complexity index is 470. The third-order valence-corrected chi connectivity index (χ3v) is 4.30. The fourth-order valence-corrected chi connectivity index (χ4v) is 3.17. The summed E-state index contributed by atoms with van der Waals surface area (Å²) in [6.07, 6.45) is 3.67. The van der Waals surface area contributed by atoms with E-state index in [4.69, 9.17) is 9.47 Å². The van der Waals surface area contributed by atoms with Crippen molar-refractivity contribution in [3.05, 3.63) is 23.8 Å². The van der Waals surface area contributed by atoms with E-state index in [0.29, 0.717) is 18.6 Å². The molecule has 0 atom stereocenters. The molecule has 20 heavy (non-hydrogen) atoms. The molecule has 0 saturated carbocycles. The Labute approximate surface area is 121 Å². The zero-order chi connectivity index (χ0) is 14.0. The standard InChI is InChI=1S/C17H25NO2/c1-17(2)7-9-18(13-17)8-3-4-14-5-6-15-16(12-14)20-11-10-19-15/h5-6,12H,3-4,7-11,13H2,1-2H3. The van der Waals surface area contributed by atoms with Crippen molar-refractivity contribution in [2.45, 2.75) is 33.1 Å². The zero-order valence-corrected chi connectivity index (χ0v) is 12.7. The molecule has 2 heterocycles. The summed E-state index contributed by atoms with van der Waals surface area (Å²) in [5, 5.41) is 0. The molecule has 1 aromatic carbocycles. The van der Waals surface area contributed by atoms with Gasteiger partial charge in [0.1, 0.15) is 13.2 Å². The Morgan fingerprint density at radius 2 is 1.95 bits per heavy atom. The lowest BCUT2D eigenvalue weighted by molar-refractivity contribution is 0.171. The molecule has 2 aliphatic heterocycles. The van der Waals surface area contributed by atoms with E-state index in [1.807, 2.05) is 6.07 Å². The summed E-state index contributed by atoms with van der Waals surface area (Å²) in [7, 11) is 0. The van der Waals surface area contributed by atoms with E-state index in [9.17, 15) is 0 Å². The maximum absolute atomic E-state index is 5.64. The molecule has 0 amide bonds. The van der Waals surface area contributed by atoms with Crippen LogP contribution >= 0.6 is 0 Å². The quantitative estimate of drug-likeness (QED) is 0.842. The number of hydrogen-bond acceptors (Lipinski definition) is 3. The molecule has 0 radical (unpaired) electrons. The first-order valence-corrected chi connectivity index (χ1v) is 7.73. The maximum Gasteiger partial charge on any atom is 0.161 e. The van der Waals surface area contributed by atoms with E-state index in [-0.39, 0.29) is 0 Å². The molecule has 0 spiro atoms. The van der Waals surface area contributed by atoms with E-state index < -0.39 is 0 Å². The van der Waals surface area contributed by atoms with Gasteiger partial charge in [0, 0.05) is 6.54 Å². The van der Waals surface area contributed by atoms with Crippen molar-refractivity contribution in [1.82, 2.24) is 4.90 Å². The van der Waals surface area contributed by atoms with Crippen molar-refractivity contribution in [2.24, 2.45) is 5.41 Å². The Morgan fingerprint density at radius 3 is 2.70 bits per heavy atom. The van der Waals surface area contributed by atoms with E-state index >= 15 is 0 Å². The van der Waals surface area contributed by atoms with Crippen LogP contribution in [0.4, 0.5) is 0 Å². The van der Waals surface area contributed by atoms with Crippen molar-refractivity contribution >= 4 is 0 Å². The lowest BCUT2D eigenvalue weighted by Gasteiger charge is -2.20. The highest BCUT2D eigenvalue weighted by Gasteiger charge is 2.28. The molecule has 110 valence electrons. The monoisotopic (exact) mass is 275 g/mol. The average Bonchev–Trinajstić information content (AvgIpc) is 2.78. The van der Waals surface area contributed by atoms with Crippen LogP contribution in [0.25, 0.3) is 0 Å². The summed E-state index contributed by atoms with van der Waals surface area (Å²) in [5.41, 5.74) is 1.87. The predicted octanol–water partition coefficient (Wildman–Crippen LogP) is 3.12. The molecular formula is C17H25NO2. The van der Waals surface area contributed by atoms with E-state index in [1.54, 1.807) is 0 Å². The Kier molecular flexibility index (Phi) is 3.88. The van der Waals surface area contributed by atoms with Gasteiger partial charge in [0.25, 0.3) is 0 Å². The maximum atomic E-state index is 5.64. The summed E-state index contributed by atoms with van der Waals surface area (Å²) >= 11 is 0. The summed E-state index contributed by atoms with van der Waals surface area (Å²) in [6, 6.07) is 6.35. The molecule has 3 rings (SSSR count). The van der Waals surface area contributed by atoms with Gasteiger partial charge in [-0.2, -0.15) is 0 Å². The smallest absolute Gasteiger partial charge is 0.161 e.